The summed E-state index contributed by atoms with van der Waals surface area (Å²) in [5.74, 6) is 1.18. The van der Waals surface area contributed by atoms with Crippen molar-refractivity contribution >= 4 is 0 Å². The van der Waals surface area contributed by atoms with Crippen molar-refractivity contribution in [3.63, 3.8) is 0 Å². The third-order valence-corrected chi connectivity index (χ3v) is 4.41. The molecule has 1 aromatic heterocycles. The normalized spacial score (nSPS) is 19.2. The standard InChI is InChI=1S/C16H27N3O/c1-5-20-16(8-6-7-9-16)15-18-12(3)14(11(2)10-17)13(4)19-15/h11H,5-10,17H2,1-4H3. The van der Waals surface area contributed by atoms with E-state index in [-0.39, 0.29) is 5.60 Å². The van der Waals surface area contributed by atoms with E-state index in [1.165, 1.54) is 18.4 Å². The Kier molecular flexibility index (Phi) is 4.76. The predicted molar refractivity (Wildman–Crippen MR) is 80.7 cm³/mol. The monoisotopic (exact) mass is 277 g/mol. The second-order valence-corrected chi connectivity index (χ2v) is 5.90. The van der Waals surface area contributed by atoms with Gasteiger partial charge >= 0.3 is 0 Å². The second kappa shape index (κ2) is 6.19. The largest absolute Gasteiger partial charge is 0.367 e. The van der Waals surface area contributed by atoms with Crippen molar-refractivity contribution in [3.05, 3.63) is 22.8 Å². The molecule has 4 nitrogen and oxygen atoms in total. The Morgan fingerprint density at radius 3 is 2.20 bits per heavy atom. The molecule has 1 aromatic rings. The predicted octanol–water partition coefficient (Wildman–Crippen LogP) is 2.96. The third kappa shape index (κ3) is 2.72. The first kappa shape index (κ1) is 15.4. The number of rotatable bonds is 5. The molecule has 0 amide bonds. The van der Waals surface area contributed by atoms with Crippen LogP contribution in [0.3, 0.4) is 0 Å². The molecule has 1 aliphatic carbocycles. The molecule has 2 rings (SSSR count). The summed E-state index contributed by atoms with van der Waals surface area (Å²) in [6.07, 6.45) is 4.46. The van der Waals surface area contributed by atoms with E-state index in [1.54, 1.807) is 0 Å². The highest BCUT2D eigenvalue weighted by molar-refractivity contribution is 5.29. The van der Waals surface area contributed by atoms with Gasteiger partial charge in [-0.15, -0.1) is 0 Å². The average Bonchev–Trinajstić information content (AvgIpc) is 2.88. The van der Waals surface area contributed by atoms with Crippen LogP contribution in [-0.2, 0) is 10.3 Å². The summed E-state index contributed by atoms with van der Waals surface area (Å²) in [4.78, 5) is 9.57. The van der Waals surface area contributed by atoms with Gasteiger partial charge in [0.15, 0.2) is 5.82 Å². The van der Waals surface area contributed by atoms with Crippen molar-refractivity contribution in [1.29, 1.82) is 0 Å². The fourth-order valence-electron chi connectivity index (χ4n) is 3.41. The van der Waals surface area contributed by atoms with Crippen LogP contribution in [0.25, 0.3) is 0 Å². The van der Waals surface area contributed by atoms with Crippen LogP contribution in [0.15, 0.2) is 0 Å². The van der Waals surface area contributed by atoms with Crippen LogP contribution in [0.1, 0.15) is 68.2 Å². The molecule has 0 aliphatic heterocycles. The van der Waals surface area contributed by atoms with Gasteiger partial charge in [0.05, 0.1) is 0 Å². The van der Waals surface area contributed by atoms with Crippen molar-refractivity contribution in [2.75, 3.05) is 13.2 Å². The molecular formula is C16H27N3O. The molecule has 0 bridgehead atoms. The van der Waals surface area contributed by atoms with Gasteiger partial charge in [0, 0.05) is 18.0 Å². The van der Waals surface area contributed by atoms with E-state index in [1.807, 2.05) is 6.92 Å². The van der Waals surface area contributed by atoms with Gasteiger partial charge in [0.2, 0.25) is 0 Å². The Bertz CT molecular complexity index is 444. The summed E-state index contributed by atoms with van der Waals surface area (Å²) in [5, 5.41) is 0. The molecule has 1 heterocycles. The summed E-state index contributed by atoms with van der Waals surface area (Å²) in [5.41, 5.74) is 8.84. The maximum atomic E-state index is 6.06. The van der Waals surface area contributed by atoms with Crippen LogP contribution in [0, 0.1) is 13.8 Å². The zero-order valence-corrected chi connectivity index (χ0v) is 13.2. The van der Waals surface area contributed by atoms with Gasteiger partial charge in [-0.2, -0.15) is 0 Å². The molecule has 2 N–H and O–H groups in total. The van der Waals surface area contributed by atoms with E-state index in [9.17, 15) is 0 Å². The van der Waals surface area contributed by atoms with E-state index < -0.39 is 0 Å². The van der Waals surface area contributed by atoms with E-state index in [4.69, 9.17) is 20.4 Å². The van der Waals surface area contributed by atoms with Gasteiger partial charge in [0.1, 0.15) is 5.60 Å². The molecule has 4 heteroatoms. The minimum absolute atomic E-state index is 0.255. The Labute approximate surface area is 122 Å². The lowest BCUT2D eigenvalue weighted by atomic mass is 9.96. The topological polar surface area (TPSA) is 61.0 Å². The van der Waals surface area contributed by atoms with E-state index in [0.29, 0.717) is 19.1 Å². The molecule has 1 aliphatic rings. The van der Waals surface area contributed by atoms with Gasteiger partial charge < -0.3 is 10.5 Å². The molecule has 0 spiro atoms. The van der Waals surface area contributed by atoms with Gasteiger partial charge in [-0.3, -0.25) is 0 Å². The van der Waals surface area contributed by atoms with Gasteiger partial charge in [0.25, 0.3) is 0 Å². The fraction of sp³-hybridized carbons (Fsp3) is 0.750. The number of ether oxygens (including phenoxy) is 1. The lowest BCUT2D eigenvalue weighted by molar-refractivity contribution is -0.0459. The van der Waals surface area contributed by atoms with Crippen LogP contribution in [-0.4, -0.2) is 23.1 Å². The molecule has 1 unspecified atom stereocenters. The quantitative estimate of drug-likeness (QED) is 0.899. The highest BCUT2D eigenvalue weighted by Gasteiger charge is 2.39. The first-order valence-corrected chi connectivity index (χ1v) is 7.73. The minimum atomic E-state index is -0.255. The van der Waals surface area contributed by atoms with Crippen LogP contribution < -0.4 is 5.73 Å². The molecular weight excluding hydrogens is 250 g/mol. The summed E-state index contributed by atoms with van der Waals surface area (Å²) >= 11 is 0. The summed E-state index contributed by atoms with van der Waals surface area (Å²) in [6.45, 7) is 9.64. The zero-order valence-electron chi connectivity index (χ0n) is 13.2. The van der Waals surface area contributed by atoms with Crippen LogP contribution >= 0.6 is 0 Å². The van der Waals surface area contributed by atoms with E-state index >= 15 is 0 Å². The number of aromatic nitrogens is 2. The lowest BCUT2D eigenvalue weighted by Crippen LogP contribution is -2.30. The first-order chi connectivity index (χ1) is 9.54. The van der Waals surface area contributed by atoms with Crippen LogP contribution in [0.2, 0.25) is 0 Å². The Morgan fingerprint density at radius 2 is 1.75 bits per heavy atom. The summed E-state index contributed by atoms with van der Waals surface area (Å²) < 4.78 is 6.06. The maximum Gasteiger partial charge on any atom is 0.160 e. The molecule has 0 radical (unpaired) electrons. The summed E-state index contributed by atoms with van der Waals surface area (Å²) in [6, 6.07) is 0. The number of hydrogen-bond donors (Lipinski definition) is 1. The first-order valence-electron chi connectivity index (χ1n) is 7.73. The second-order valence-electron chi connectivity index (χ2n) is 5.90. The molecule has 0 aromatic carbocycles. The summed E-state index contributed by atoms with van der Waals surface area (Å²) in [7, 11) is 0. The van der Waals surface area contributed by atoms with Gasteiger partial charge in [-0.1, -0.05) is 6.92 Å². The SMILES string of the molecule is CCOC1(c2nc(C)c(C(C)CN)c(C)n2)CCCC1. The van der Waals surface area contributed by atoms with Crippen molar-refractivity contribution in [3.8, 4) is 0 Å². The van der Waals surface area contributed by atoms with Crippen molar-refractivity contribution in [2.24, 2.45) is 5.73 Å². The third-order valence-electron chi connectivity index (χ3n) is 4.41. The highest BCUT2D eigenvalue weighted by Crippen LogP contribution is 2.41. The Morgan fingerprint density at radius 1 is 1.20 bits per heavy atom. The van der Waals surface area contributed by atoms with Crippen molar-refractivity contribution < 1.29 is 4.74 Å². The highest BCUT2D eigenvalue weighted by atomic mass is 16.5. The lowest BCUT2D eigenvalue weighted by Gasteiger charge is -2.29. The zero-order chi connectivity index (χ0) is 14.8. The number of aryl methyl sites for hydroxylation is 2. The molecule has 112 valence electrons. The Hall–Kier alpha value is -1.00. The van der Waals surface area contributed by atoms with Gasteiger partial charge in [-0.25, -0.2) is 9.97 Å². The molecule has 1 atom stereocenters. The molecule has 0 saturated heterocycles. The number of hydrogen-bond acceptors (Lipinski definition) is 4. The smallest absolute Gasteiger partial charge is 0.160 e. The van der Waals surface area contributed by atoms with Gasteiger partial charge in [-0.05, 0) is 64.5 Å². The molecule has 20 heavy (non-hydrogen) atoms. The van der Waals surface area contributed by atoms with E-state index in [2.05, 4.69) is 20.8 Å². The van der Waals surface area contributed by atoms with Crippen LogP contribution in [0.5, 0.6) is 0 Å². The van der Waals surface area contributed by atoms with Crippen LogP contribution in [0.4, 0.5) is 0 Å². The van der Waals surface area contributed by atoms with Crippen molar-refractivity contribution in [1.82, 2.24) is 9.97 Å². The minimum Gasteiger partial charge on any atom is -0.367 e. The fourth-order valence-corrected chi connectivity index (χ4v) is 3.41. The van der Waals surface area contributed by atoms with Crippen molar-refractivity contribution in [2.45, 2.75) is 64.9 Å². The van der Waals surface area contributed by atoms with E-state index in [0.717, 1.165) is 30.1 Å². The molecule has 1 fully saturated rings. The molecule has 1 saturated carbocycles. The average molecular weight is 277 g/mol. The maximum absolute atomic E-state index is 6.06. The number of nitrogens with zero attached hydrogens (tertiary/aromatic N) is 2. The number of nitrogens with two attached hydrogens (primary N) is 1. The Balaban J connectivity index is 2.43.